The molecule has 1 atom stereocenters. The van der Waals surface area contributed by atoms with Crippen molar-refractivity contribution in [2.24, 2.45) is 0 Å². The SMILES string of the molecule is CCC(C)NC(=O)CCCCCCOC(C)C.[HH]. The highest BCUT2D eigenvalue weighted by Gasteiger charge is 2.04. The van der Waals surface area contributed by atoms with E-state index in [1.165, 1.54) is 0 Å². The van der Waals surface area contributed by atoms with Crippen LogP contribution in [0.3, 0.4) is 0 Å². The van der Waals surface area contributed by atoms with Crippen LogP contribution in [-0.4, -0.2) is 24.7 Å². The van der Waals surface area contributed by atoms with E-state index in [0.717, 1.165) is 38.7 Å². The molecule has 0 saturated carbocycles. The molecule has 0 aromatic rings. The third-order valence-electron chi connectivity index (χ3n) is 2.77. The molecule has 3 heteroatoms. The Morgan fingerprint density at radius 2 is 1.82 bits per heavy atom. The second-order valence-electron chi connectivity index (χ2n) is 4.96. The third kappa shape index (κ3) is 11.7. The Bertz CT molecular complexity index is 198. The lowest BCUT2D eigenvalue weighted by Gasteiger charge is -2.11. The van der Waals surface area contributed by atoms with Gasteiger partial charge in [0.05, 0.1) is 6.10 Å². The Balaban J connectivity index is 0. The van der Waals surface area contributed by atoms with E-state index in [4.69, 9.17) is 4.74 Å². The van der Waals surface area contributed by atoms with Crippen molar-refractivity contribution in [2.45, 2.75) is 78.4 Å². The van der Waals surface area contributed by atoms with Gasteiger partial charge >= 0.3 is 0 Å². The van der Waals surface area contributed by atoms with Crippen LogP contribution in [0, 0.1) is 0 Å². The van der Waals surface area contributed by atoms with E-state index >= 15 is 0 Å². The number of rotatable bonds is 10. The number of nitrogens with one attached hydrogen (secondary N) is 1. The number of ether oxygens (including phenoxy) is 1. The molecule has 0 saturated heterocycles. The Morgan fingerprint density at radius 1 is 1.18 bits per heavy atom. The number of carbonyl (C=O) groups excluding carboxylic acids is 1. The smallest absolute Gasteiger partial charge is 0.220 e. The maximum Gasteiger partial charge on any atom is 0.220 e. The average molecular weight is 245 g/mol. The molecular formula is C14H31NO2. The van der Waals surface area contributed by atoms with Crippen molar-refractivity contribution in [3.63, 3.8) is 0 Å². The van der Waals surface area contributed by atoms with E-state index in [-0.39, 0.29) is 7.33 Å². The summed E-state index contributed by atoms with van der Waals surface area (Å²) in [4.78, 5) is 11.5. The standard InChI is InChI=1S/C14H29NO2.H2/c1-5-13(4)15-14(16)10-8-6-7-9-11-17-12(2)3;/h12-13H,5-11H2,1-4H3,(H,15,16);1H. The number of hydrogen-bond donors (Lipinski definition) is 1. The van der Waals surface area contributed by atoms with Crippen molar-refractivity contribution in [1.29, 1.82) is 0 Å². The van der Waals surface area contributed by atoms with Crippen molar-refractivity contribution in [3.8, 4) is 0 Å². The molecule has 0 rings (SSSR count). The summed E-state index contributed by atoms with van der Waals surface area (Å²) in [6.07, 6.45) is 6.36. The summed E-state index contributed by atoms with van der Waals surface area (Å²) < 4.78 is 5.46. The highest BCUT2D eigenvalue weighted by atomic mass is 16.5. The Kier molecular flexibility index (Phi) is 10.2. The van der Waals surface area contributed by atoms with Crippen LogP contribution in [0.15, 0.2) is 0 Å². The van der Waals surface area contributed by atoms with E-state index in [9.17, 15) is 4.79 Å². The minimum absolute atomic E-state index is 0. The highest BCUT2D eigenvalue weighted by molar-refractivity contribution is 5.76. The zero-order chi connectivity index (χ0) is 13.1. The van der Waals surface area contributed by atoms with Gasteiger partial charge in [-0.25, -0.2) is 0 Å². The fourth-order valence-electron chi connectivity index (χ4n) is 1.51. The zero-order valence-corrected chi connectivity index (χ0v) is 11.9. The molecule has 1 amide bonds. The molecule has 0 radical (unpaired) electrons. The van der Waals surface area contributed by atoms with Crippen LogP contribution in [0.1, 0.15) is 67.6 Å². The van der Waals surface area contributed by atoms with Crippen LogP contribution in [-0.2, 0) is 9.53 Å². The zero-order valence-electron chi connectivity index (χ0n) is 11.9. The van der Waals surface area contributed by atoms with E-state index in [0.29, 0.717) is 18.6 Å². The first-order valence-corrected chi connectivity index (χ1v) is 6.97. The quantitative estimate of drug-likeness (QED) is 0.598. The van der Waals surface area contributed by atoms with E-state index in [2.05, 4.69) is 26.1 Å². The second kappa shape index (κ2) is 10.6. The largest absolute Gasteiger partial charge is 0.379 e. The number of unbranched alkanes of at least 4 members (excludes halogenated alkanes) is 3. The molecule has 1 unspecified atom stereocenters. The molecule has 0 spiro atoms. The molecule has 0 aromatic carbocycles. The molecule has 0 heterocycles. The molecule has 104 valence electrons. The first-order valence-electron chi connectivity index (χ1n) is 6.97. The second-order valence-corrected chi connectivity index (χ2v) is 4.96. The van der Waals surface area contributed by atoms with Crippen LogP contribution < -0.4 is 5.32 Å². The lowest BCUT2D eigenvalue weighted by molar-refractivity contribution is -0.121. The Labute approximate surface area is 108 Å². The molecule has 0 aromatic heterocycles. The van der Waals surface area contributed by atoms with Gasteiger partial charge in [-0.1, -0.05) is 19.8 Å². The van der Waals surface area contributed by atoms with Gasteiger partial charge < -0.3 is 10.1 Å². The van der Waals surface area contributed by atoms with Gasteiger partial charge in [0.2, 0.25) is 5.91 Å². The third-order valence-corrected chi connectivity index (χ3v) is 2.77. The topological polar surface area (TPSA) is 38.3 Å². The fourth-order valence-corrected chi connectivity index (χ4v) is 1.51. The normalized spacial score (nSPS) is 12.8. The maximum absolute atomic E-state index is 11.5. The summed E-state index contributed by atoms with van der Waals surface area (Å²) in [5.74, 6) is 0.192. The van der Waals surface area contributed by atoms with E-state index in [1.54, 1.807) is 0 Å². The molecule has 0 aliphatic heterocycles. The van der Waals surface area contributed by atoms with E-state index in [1.807, 2.05) is 6.92 Å². The van der Waals surface area contributed by atoms with Gasteiger partial charge in [0.25, 0.3) is 0 Å². The fraction of sp³-hybridized carbons (Fsp3) is 0.929. The lowest BCUT2D eigenvalue weighted by Crippen LogP contribution is -2.31. The van der Waals surface area contributed by atoms with Crippen LogP contribution in [0.4, 0.5) is 0 Å². The molecule has 0 bridgehead atoms. The molecule has 0 aliphatic carbocycles. The van der Waals surface area contributed by atoms with Crippen LogP contribution in [0.5, 0.6) is 0 Å². The van der Waals surface area contributed by atoms with Crippen molar-refractivity contribution < 1.29 is 11.0 Å². The van der Waals surface area contributed by atoms with Gasteiger partial charge in [0.15, 0.2) is 0 Å². The lowest BCUT2D eigenvalue weighted by atomic mass is 10.1. The van der Waals surface area contributed by atoms with Gasteiger partial charge in [-0.15, -0.1) is 0 Å². The van der Waals surface area contributed by atoms with Gasteiger partial charge in [0, 0.05) is 20.5 Å². The minimum Gasteiger partial charge on any atom is -0.379 e. The van der Waals surface area contributed by atoms with Crippen molar-refractivity contribution in [3.05, 3.63) is 0 Å². The monoisotopic (exact) mass is 245 g/mol. The van der Waals surface area contributed by atoms with Crippen molar-refractivity contribution in [2.75, 3.05) is 6.61 Å². The van der Waals surface area contributed by atoms with Crippen LogP contribution >= 0.6 is 0 Å². The first-order chi connectivity index (χ1) is 8.06. The summed E-state index contributed by atoms with van der Waals surface area (Å²) in [6, 6.07) is 0.307. The Hall–Kier alpha value is -0.570. The average Bonchev–Trinajstić information content (AvgIpc) is 2.27. The molecular weight excluding hydrogens is 214 g/mol. The van der Waals surface area contributed by atoms with Gasteiger partial charge in [0.1, 0.15) is 0 Å². The van der Waals surface area contributed by atoms with Gasteiger partial charge in [-0.3, -0.25) is 4.79 Å². The van der Waals surface area contributed by atoms with Gasteiger partial charge in [-0.05, 0) is 40.0 Å². The Morgan fingerprint density at radius 3 is 2.41 bits per heavy atom. The molecule has 0 fully saturated rings. The molecule has 3 nitrogen and oxygen atoms in total. The van der Waals surface area contributed by atoms with Crippen molar-refractivity contribution in [1.82, 2.24) is 5.32 Å². The highest BCUT2D eigenvalue weighted by Crippen LogP contribution is 2.04. The minimum atomic E-state index is 0. The number of carbonyl (C=O) groups is 1. The number of hydrogen-bond acceptors (Lipinski definition) is 2. The van der Waals surface area contributed by atoms with Crippen LogP contribution in [0.25, 0.3) is 0 Å². The first kappa shape index (κ1) is 16.4. The summed E-state index contributed by atoms with van der Waals surface area (Å²) in [7, 11) is 0. The summed E-state index contributed by atoms with van der Waals surface area (Å²) in [6.45, 7) is 9.08. The van der Waals surface area contributed by atoms with Crippen LogP contribution in [0.2, 0.25) is 0 Å². The summed E-state index contributed by atoms with van der Waals surface area (Å²) in [5, 5.41) is 2.98. The molecule has 1 N–H and O–H groups in total. The predicted molar refractivity (Wildman–Crippen MR) is 74.2 cm³/mol. The van der Waals surface area contributed by atoms with Crippen molar-refractivity contribution >= 4 is 5.91 Å². The van der Waals surface area contributed by atoms with E-state index < -0.39 is 0 Å². The molecule has 17 heavy (non-hydrogen) atoms. The molecule has 0 aliphatic rings. The summed E-state index contributed by atoms with van der Waals surface area (Å²) in [5.41, 5.74) is 0. The summed E-state index contributed by atoms with van der Waals surface area (Å²) >= 11 is 0. The number of amides is 1. The predicted octanol–water partition coefficient (Wildman–Crippen LogP) is 3.52. The van der Waals surface area contributed by atoms with Gasteiger partial charge in [-0.2, -0.15) is 0 Å². The maximum atomic E-state index is 11.5.